The maximum absolute atomic E-state index is 13.5. The van der Waals surface area contributed by atoms with E-state index in [1.54, 1.807) is 12.1 Å². The van der Waals surface area contributed by atoms with Crippen molar-refractivity contribution in [2.75, 3.05) is 0 Å². The van der Waals surface area contributed by atoms with E-state index in [1.165, 1.54) is 11.3 Å². The molecule has 1 aromatic carbocycles. The van der Waals surface area contributed by atoms with Gasteiger partial charge in [0, 0.05) is 17.0 Å². The van der Waals surface area contributed by atoms with Crippen LogP contribution in [-0.2, 0) is 16.6 Å². The maximum atomic E-state index is 13.5. The molecule has 2 rings (SSSR count). The van der Waals surface area contributed by atoms with Gasteiger partial charge in [0.1, 0.15) is 10.8 Å². The summed E-state index contributed by atoms with van der Waals surface area (Å²) >= 11 is 11.7. The zero-order valence-corrected chi connectivity index (χ0v) is 13.7. The van der Waals surface area contributed by atoms with Crippen molar-refractivity contribution < 1.29 is 12.8 Å². The Balaban J connectivity index is 2.23. The number of rotatable bonds is 5. The highest BCUT2D eigenvalue weighted by molar-refractivity contribution is 7.89. The van der Waals surface area contributed by atoms with E-state index < -0.39 is 15.8 Å². The molecule has 112 valence electrons. The van der Waals surface area contributed by atoms with Gasteiger partial charge in [-0.25, -0.2) is 17.5 Å². The lowest BCUT2D eigenvalue weighted by Crippen LogP contribution is -2.23. The van der Waals surface area contributed by atoms with Gasteiger partial charge < -0.3 is 5.73 Å². The van der Waals surface area contributed by atoms with Crippen molar-refractivity contribution in [2.45, 2.75) is 11.4 Å². The molecule has 0 atom stereocenters. The Morgan fingerprint density at radius 3 is 2.67 bits per heavy atom. The summed E-state index contributed by atoms with van der Waals surface area (Å²) in [6, 6.07) is 6.69. The van der Waals surface area contributed by atoms with Crippen molar-refractivity contribution in [2.24, 2.45) is 5.73 Å². The summed E-state index contributed by atoms with van der Waals surface area (Å²) in [5.41, 5.74) is 5.25. The van der Waals surface area contributed by atoms with Crippen LogP contribution in [0, 0.1) is 5.82 Å². The van der Waals surface area contributed by atoms with E-state index in [9.17, 15) is 12.8 Å². The molecule has 0 unspecified atom stereocenters. The second-order valence-electron chi connectivity index (χ2n) is 4.04. The fourth-order valence-electron chi connectivity index (χ4n) is 1.56. The van der Waals surface area contributed by atoms with E-state index in [0.29, 0.717) is 4.34 Å². The van der Waals surface area contributed by atoms with Crippen LogP contribution in [0.4, 0.5) is 4.39 Å². The van der Waals surface area contributed by atoms with Crippen LogP contribution < -0.4 is 10.5 Å². The third-order valence-electron chi connectivity index (χ3n) is 2.58. The van der Waals surface area contributed by atoms with Gasteiger partial charge in [-0.2, -0.15) is 0 Å². The first-order valence-electron chi connectivity index (χ1n) is 5.63. The number of nitrogens with two attached hydrogens (primary N) is 1. The highest BCUT2D eigenvalue weighted by Gasteiger charge is 2.17. The smallest absolute Gasteiger partial charge is 0.240 e. The molecular formula is C12H10ClFN2O2S3. The molecule has 9 heteroatoms. The summed E-state index contributed by atoms with van der Waals surface area (Å²) < 4.78 is 40.8. The van der Waals surface area contributed by atoms with Crippen molar-refractivity contribution in [3.05, 3.63) is 50.9 Å². The Hall–Kier alpha value is -1.06. The number of hydrogen-bond acceptors (Lipinski definition) is 4. The summed E-state index contributed by atoms with van der Waals surface area (Å²) in [6.45, 7) is 0.0967. The number of sulfonamides is 1. The topological polar surface area (TPSA) is 72.2 Å². The summed E-state index contributed by atoms with van der Waals surface area (Å²) in [6.07, 6.45) is 0. The number of thiophene rings is 1. The number of nitrogens with one attached hydrogen (secondary N) is 1. The van der Waals surface area contributed by atoms with Gasteiger partial charge in [-0.05, 0) is 30.3 Å². The summed E-state index contributed by atoms with van der Waals surface area (Å²) in [4.78, 5) is 0.462. The van der Waals surface area contributed by atoms with Crippen LogP contribution in [0.5, 0.6) is 0 Å². The molecule has 0 radical (unpaired) electrons. The minimum atomic E-state index is -3.79. The van der Waals surface area contributed by atoms with E-state index in [0.717, 1.165) is 23.1 Å². The quantitative estimate of drug-likeness (QED) is 0.800. The lowest BCUT2D eigenvalue weighted by Gasteiger charge is -2.08. The second-order valence-corrected chi connectivity index (χ2v) is 8.04. The van der Waals surface area contributed by atoms with Gasteiger partial charge in [0.2, 0.25) is 10.0 Å². The molecule has 3 N–H and O–H groups in total. The molecule has 0 amide bonds. The molecule has 0 spiro atoms. The van der Waals surface area contributed by atoms with Crippen LogP contribution in [0.25, 0.3) is 0 Å². The van der Waals surface area contributed by atoms with Crippen LogP contribution in [0.1, 0.15) is 10.4 Å². The summed E-state index contributed by atoms with van der Waals surface area (Å²) in [7, 11) is -3.79. The van der Waals surface area contributed by atoms with Gasteiger partial charge in [-0.3, -0.25) is 0 Å². The lowest BCUT2D eigenvalue weighted by molar-refractivity contribution is 0.580. The van der Waals surface area contributed by atoms with Crippen molar-refractivity contribution in [3.63, 3.8) is 0 Å². The molecule has 0 bridgehead atoms. The first kappa shape index (κ1) is 16.3. The Morgan fingerprint density at radius 1 is 1.38 bits per heavy atom. The van der Waals surface area contributed by atoms with Gasteiger partial charge in [0.05, 0.1) is 9.23 Å². The van der Waals surface area contributed by atoms with Gasteiger partial charge in [-0.15, -0.1) is 11.3 Å². The van der Waals surface area contributed by atoms with Gasteiger partial charge in [0.15, 0.2) is 0 Å². The van der Waals surface area contributed by atoms with E-state index in [1.807, 2.05) is 0 Å². The molecular weight excluding hydrogens is 355 g/mol. The summed E-state index contributed by atoms with van der Waals surface area (Å²) in [5, 5.41) is 0. The minimum Gasteiger partial charge on any atom is -0.389 e. The minimum absolute atomic E-state index is 0.0967. The predicted molar refractivity (Wildman–Crippen MR) is 85.6 cm³/mol. The van der Waals surface area contributed by atoms with Crippen molar-refractivity contribution >= 4 is 50.2 Å². The van der Waals surface area contributed by atoms with Crippen molar-refractivity contribution in [3.8, 4) is 0 Å². The molecule has 0 aliphatic carbocycles. The molecule has 0 aliphatic rings. The number of hydrogen-bond donors (Lipinski definition) is 2. The average molecular weight is 365 g/mol. The van der Waals surface area contributed by atoms with E-state index in [4.69, 9.17) is 17.3 Å². The third-order valence-corrected chi connectivity index (χ3v) is 5.43. The Labute approximate surface area is 135 Å². The molecule has 4 nitrogen and oxygen atoms in total. The standard InChI is InChI=1S/C12H10ClFN2O2S3/c13-11-4-1-7(20-11)6-16-21(17,18)8-2-3-10(14)9(5-8)12(15)19/h1-5,16H,6H2,(H2,15,19). The van der Waals surface area contributed by atoms with Crippen LogP contribution in [0.2, 0.25) is 4.34 Å². The van der Waals surface area contributed by atoms with Crippen LogP contribution in [-0.4, -0.2) is 13.4 Å². The van der Waals surface area contributed by atoms with Gasteiger partial charge in [-0.1, -0.05) is 23.8 Å². The fourth-order valence-corrected chi connectivity index (χ4v) is 3.86. The predicted octanol–water partition coefficient (Wildman–Crippen LogP) is 2.65. The Bertz CT molecular complexity index is 790. The first-order valence-corrected chi connectivity index (χ1v) is 8.71. The largest absolute Gasteiger partial charge is 0.389 e. The normalized spacial score (nSPS) is 11.5. The molecule has 1 aromatic heterocycles. The Morgan fingerprint density at radius 2 is 2.10 bits per heavy atom. The zero-order valence-electron chi connectivity index (χ0n) is 10.5. The first-order chi connectivity index (χ1) is 9.79. The van der Waals surface area contributed by atoms with Gasteiger partial charge >= 0.3 is 0 Å². The highest BCUT2D eigenvalue weighted by Crippen LogP contribution is 2.22. The molecule has 0 fully saturated rings. The maximum Gasteiger partial charge on any atom is 0.240 e. The van der Waals surface area contributed by atoms with Crippen LogP contribution in [0.15, 0.2) is 35.2 Å². The Kier molecular flexibility index (Phi) is 4.95. The van der Waals surface area contributed by atoms with E-state index in [2.05, 4.69) is 16.9 Å². The van der Waals surface area contributed by atoms with E-state index in [-0.39, 0.29) is 22.0 Å². The van der Waals surface area contributed by atoms with Crippen LogP contribution >= 0.6 is 35.2 Å². The number of thiocarbonyl (C=S) groups is 1. The molecule has 0 aliphatic heterocycles. The van der Waals surface area contributed by atoms with Gasteiger partial charge in [0.25, 0.3) is 0 Å². The molecule has 21 heavy (non-hydrogen) atoms. The third kappa shape index (κ3) is 3.98. The summed E-state index contributed by atoms with van der Waals surface area (Å²) in [5.74, 6) is -0.661. The number of benzene rings is 1. The molecule has 0 saturated heterocycles. The van der Waals surface area contributed by atoms with E-state index >= 15 is 0 Å². The lowest BCUT2D eigenvalue weighted by atomic mass is 10.2. The zero-order chi connectivity index (χ0) is 15.6. The molecule has 0 saturated carbocycles. The number of halogens is 2. The molecule has 1 heterocycles. The second kappa shape index (κ2) is 6.37. The SMILES string of the molecule is NC(=S)c1cc(S(=O)(=O)NCc2ccc(Cl)s2)ccc1F. The molecule has 2 aromatic rings. The van der Waals surface area contributed by atoms with Crippen molar-refractivity contribution in [1.82, 2.24) is 4.72 Å². The van der Waals surface area contributed by atoms with Crippen molar-refractivity contribution in [1.29, 1.82) is 0 Å². The fraction of sp³-hybridized carbons (Fsp3) is 0.0833. The highest BCUT2D eigenvalue weighted by atomic mass is 35.5. The average Bonchev–Trinajstić information content (AvgIpc) is 2.82. The van der Waals surface area contributed by atoms with Crippen LogP contribution in [0.3, 0.4) is 0 Å². The monoisotopic (exact) mass is 364 g/mol.